The lowest BCUT2D eigenvalue weighted by molar-refractivity contribution is 0.166. The van der Waals surface area contributed by atoms with Gasteiger partial charge < -0.3 is 4.57 Å². The molecule has 0 unspecified atom stereocenters. The normalized spacial score (nSPS) is 11.3. The van der Waals surface area contributed by atoms with Gasteiger partial charge in [0.15, 0.2) is 0 Å². The summed E-state index contributed by atoms with van der Waals surface area (Å²) in [7, 11) is 1.88. The number of hydrogen-bond acceptors (Lipinski definition) is 2. The second-order valence-corrected chi connectivity index (χ2v) is 6.72. The second-order valence-electron chi connectivity index (χ2n) is 4.78. The van der Waals surface area contributed by atoms with Crippen molar-refractivity contribution in [2.24, 2.45) is 7.05 Å². The number of benzene rings is 1. The van der Waals surface area contributed by atoms with Crippen molar-refractivity contribution in [1.82, 2.24) is 9.55 Å². The minimum atomic E-state index is -0.326. The second kappa shape index (κ2) is 6.39. The van der Waals surface area contributed by atoms with Gasteiger partial charge in [-0.15, -0.1) is 0 Å². The van der Waals surface area contributed by atoms with Gasteiger partial charge in [0.1, 0.15) is 17.5 Å². The summed E-state index contributed by atoms with van der Waals surface area (Å²) in [6.07, 6.45) is 0. The van der Waals surface area contributed by atoms with Crippen LogP contribution < -0.4 is 0 Å². The van der Waals surface area contributed by atoms with Crippen LogP contribution in [0.4, 0.5) is 0 Å². The monoisotopic (exact) mass is 329 g/mol. The maximum atomic E-state index is 11.2. The van der Waals surface area contributed by atoms with E-state index in [1.54, 1.807) is 6.07 Å². The van der Waals surface area contributed by atoms with Crippen LogP contribution in [0.1, 0.15) is 31.3 Å². The number of aromatic nitrogens is 2. The molecule has 2 aromatic rings. The van der Waals surface area contributed by atoms with E-state index in [0.717, 1.165) is 15.6 Å². The number of rotatable bonds is 4. The van der Waals surface area contributed by atoms with Gasteiger partial charge in [-0.05, 0) is 24.1 Å². The predicted octanol–water partition coefficient (Wildman–Crippen LogP) is 4.93. The number of imidazole rings is 1. The molecule has 0 spiro atoms. The third-order valence-electron chi connectivity index (χ3n) is 2.92. The van der Waals surface area contributed by atoms with Crippen LogP contribution >= 0.6 is 35.0 Å². The van der Waals surface area contributed by atoms with Crippen LogP contribution in [0.15, 0.2) is 28.1 Å². The van der Waals surface area contributed by atoms with Crippen LogP contribution in [0.3, 0.4) is 0 Å². The molecule has 0 aliphatic rings. The summed E-state index contributed by atoms with van der Waals surface area (Å²) < 4.78 is 1.88. The van der Waals surface area contributed by atoms with Crippen molar-refractivity contribution in [3.05, 3.63) is 39.8 Å². The Morgan fingerprint density at radius 1 is 1.25 bits per heavy atom. The number of hydrogen-bond donors (Lipinski definition) is 0. The Morgan fingerprint density at radius 2 is 1.85 bits per heavy atom. The first kappa shape index (κ1) is 15.7. The van der Waals surface area contributed by atoms with Crippen molar-refractivity contribution in [2.45, 2.75) is 36.3 Å². The Hall–Kier alpha value is -0.680. The molecule has 0 aliphatic carbocycles. The average molecular weight is 330 g/mol. The average Bonchev–Trinajstić information content (AvgIpc) is 2.64. The summed E-state index contributed by atoms with van der Waals surface area (Å²) in [5, 5.41) is 13.2. The van der Waals surface area contributed by atoms with E-state index in [9.17, 15) is 5.11 Å². The molecule has 2 rings (SSSR count). The maximum Gasteiger partial charge on any atom is 0.140 e. The number of nitrogens with zero attached hydrogens (tertiary/aromatic N) is 2. The largest absolute Gasteiger partial charge is 0.332 e. The summed E-state index contributed by atoms with van der Waals surface area (Å²) in [6.45, 7) is 3.84. The Labute approximate surface area is 132 Å². The molecule has 0 bridgehead atoms. The first-order valence-corrected chi connectivity index (χ1v) is 7.77. The number of halogens is 2. The van der Waals surface area contributed by atoms with Crippen LogP contribution in [0, 0.1) is 0 Å². The first-order chi connectivity index (χ1) is 9.42. The Morgan fingerprint density at radius 3 is 2.35 bits per heavy atom. The van der Waals surface area contributed by atoms with Gasteiger partial charge in [-0.2, -0.15) is 0 Å². The molecule has 1 aromatic carbocycles. The van der Waals surface area contributed by atoms with Crippen molar-refractivity contribution < 1.29 is 5.11 Å². The molecule has 0 aliphatic heterocycles. The summed E-state index contributed by atoms with van der Waals surface area (Å²) >= 11 is 13.5. The molecule has 0 N–H and O–H groups in total. The van der Waals surface area contributed by atoms with E-state index in [2.05, 4.69) is 18.8 Å². The van der Waals surface area contributed by atoms with Crippen molar-refractivity contribution >= 4 is 35.0 Å². The Bertz CT molecular complexity index is 606. The molecule has 0 saturated carbocycles. The topological polar surface area (TPSA) is 37.7 Å². The van der Waals surface area contributed by atoms with Crippen molar-refractivity contribution in [3.63, 3.8) is 0 Å². The zero-order valence-corrected chi connectivity index (χ0v) is 13.8. The molecule has 6 heteroatoms. The van der Waals surface area contributed by atoms with Gasteiger partial charge in [0.2, 0.25) is 0 Å². The van der Waals surface area contributed by atoms with Gasteiger partial charge in [0.05, 0.1) is 5.69 Å². The van der Waals surface area contributed by atoms with Gasteiger partial charge in [0, 0.05) is 22.0 Å². The Balaban J connectivity index is 2.42. The summed E-state index contributed by atoms with van der Waals surface area (Å²) in [5.41, 5.74) is 1.05. The molecule has 1 heterocycles. The molecule has 0 fully saturated rings. The van der Waals surface area contributed by atoms with Crippen LogP contribution in [-0.4, -0.2) is 9.55 Å². The quantitative estimate of drug-likeness (QED) is 0.797. The lowest BCUT2D eigenvalue weighted by atomic mass is 10.1. The van der Waals surface area contributed by atoms with Crippen LogP contribution in [0.25, 0.3) is 0 Å². The highest BCUT2D eigenvalue weighted by atomic mass is 35.5. The van der Waals surface area contributed by atoms with E-state index in [1.807, 2.05) is 23.7 Å². The smallest absolute Gasteiger partial charge is 0.140 e. The fourth-order valence-corrected chi connectivity index (χ4v) is 3.95. The van der Waals surface area contributed by atoms with Gasteiger partial charge in [-0.1, -0.05) is 48.8 Å². The lowest BCUT2D eigenvalue weighted by Gasteiger charge is -2.10. The molecular weight excluding hydrogens is 315 g/mol. The minimum Gasteiger partial charge on any atom is -0.332 e. The first-order valence-electron chi connectivity index (χ1n) is 6.20. The molecule has 3 nitrogen and oxygen atoms in total. The highest BCUT2D eigenvalue weighted by molar-refractivity contribution is 7.99. The van der Waals surface area contributed by atoms with Crippen LogP contribution in [0.5, 0.6) is 0 Å². The highest BCUT2D eigenvalue weighted by Crippen LogP contribution is 2.36. The third-order valence-corrected chi connectivity index (χ3v) is 4.33. The zero-order valence-electron chi connectivity index (χ0n) is 11.5. The summed E-state index contributed by atoms with van der Waals surface area (Å²) in [5.74, 6) is 0.828. The van der Waals surface area contributed by atoms with E-state index < -0.39 is 0 Å². The van der Waals surface area contributed by atoms with E-state index in [-0.39, 0.29) is 12.5 Å². The Kier molecular flexibility index (Phi) is 5.02. The van der Waals surface area contributed by atoms with Gasteiger partial charge in [-0.3, -0.25) is 0 Å². The van der Waals surface area contributed by atoms with Gasteiger partial charge in [0.25, 0.3) is 0 Å². The third kappa shape index (κ3) is 3.31. The van der Waals surface area contributed by atoms with Gasteiger partial charge >= 0.3 is 0 Å². The van der Waals surface area contributed by atoms with E-state index in [4.69, 9.17) is 23.2 Å². The zero-order chi connectivity index (χ0) is 14.9. The lowest BCUT2D eigenvalue weighted by Crippen LogP contribution is -2.03. The molecule has 0 saturated heterocycles. The van der Waals surface area contributed by atoms with Crippen molar-refractivity contribution in [3.8, 4) is 0 Å². The van der Waals surface area contributed by atoms with E-state index in [1.165, 1.54) is 11.8 Å². The summed E-state index contributed by atoms with van der Waals surface area (Å²) in [6, 6.07) is 5.37. The SMILES string of the molecule is CC(C)c1c(Sc2cc(Cl)cc(Cl)c2)nc(C[O])n1C. The van der Waals surface area contributed by atoms with E-state index in [0.29, 0.717) is 15.9 Å². The fourth-order valence-electron chi connectivity index (χ4n) is 2.07. The van der Waals surface area contributed by atoms with Gasteiger partial charge in [-0.25, -0.2) is 10.1 Å². The minimum absolute atomic E-state index is 0.282. The van der Waals surface area contributed by atoms with Crippen molar-refractivity contribution in [1.29, 1.82) is 0 Å². The standard InChI is InChI=1S/C14H15Cl2N2OS/c1-8(2)13-14(17-12(7-19)18(13)3)20-11-5-9(15)4-10(16)6-11/h4-6,8H,7H2,1-3H3. The molecule has 0 atom stereocenters. The molecular formula is C14H15Cl2N2OS. The fraction of sp³-hybridized carbons (Fsp3) is 0.357. The van der Waals surface area contributed by atoms with Crippen LogP contribution in [0.2, 0.25) is 10.0 Å². The van der Waals surface area contributed by atoms with E-state index >= 15 is 0 Å². The van der Waals surface area contributed by atoms with Crippen LogP contribution in [-0.2, 0) is 18.8 Å². The molecule has 0 amide bonds. The maximum absolute atomic E-state index is 11.2. The molecule has 107 valence electrons. The molecule has 20 heavy (non-hydrogen) atoms. The van der Waals surface area contributed by atoms with Crippen molar-refractivity contribution in [2.75, 3.05) is 0 Å². The molecule has 1 radical (unpaired) electrons. The highest BCUT2D eigenvalue weighted by Gasteiger charge is 2.18. The molecule has 1 aromatic heterocycles. The summed E-state index contributed by atoms with van der Waals surface area (Å²) in [4.78, 5) is 5.35. The predicted molar refractivity (Wildman–Crippen MR) is 82.3 cm³/mol.